The van der Waals surface area contributed by atoms with Crippen molar-refractivity contribution in [1.82, 2.24) is 4.57 Å². The minimum Gasteiger partial charge on any atom is -0.316 e. The number of hydrogen-bond donors (Lipinski definition) is 0. The van der Waals surface area contributed by atoms with Gasteiger partial charge in [0.2, 0.25) is 5.24 Å². The van der Waals surface area contributed by atoms with E-state index >= 15 is 0 Å². The maximum Gasteiger partial charge on any atom is 0.254 e. The molecule has 4 heteroatoms. The van der Waals surface area contributed by atoms with Crippen molar-refractivity contribution in [1.29, 1.82) is 0 Å². The van der Waals surface area contributed by atoms with Gasteiger partial charge in [0.15, 0.2) is 0 Å². The van der Waals surface area contributed by atoms with Gasteiger partial charge in [0.25, 0.3) is 5.56 Å². The highest BCUT2D eigenvalue weighted by Gasteiger charge is 2.06. The highest BCUT2D eigenvalue weighted by Crippen LogP contribution is 1.99. The number of carbonyl (C=O) groups excluding carboxylic acids is 1. The monoisotopic (exact) mass is 199 g/mol. The molecular weight excluding hydrogens is 190 g/mol. The molecule has 0 amide bonds. The quantitative estimate of drug-likeness (QED) is 0.667. The van der Waals surface area contributed by atoms with Gasteiger partial charge in [0.05, 0.1) is 6.42 Å². The van der Waals surface area contributed by atoms with Gasteiger partial charge in [-0.3, -0.25) is 9.59 Å². The second-order valence-electron chi connectivity index (χ2n) is 2.90. The average molecular weight is 200 g/mol. The normalized spacial score (nSPS) is 10.1. The molecule has 0 unspecified atom stereocenters. The molecule has 0 radical (unpaired) electrons. The van der Waals surface area contributed by atoms with Crippen LogP contribution in [-0.2, 0) is 18.3 Å². The molecule has 70 valence electrons. The average Bonchev–Trinajstić information content (AvgIpc) is 2.06. The smallest absolute Gasteiger partial charge is 0.254 e. The molecule has 0 aliphatic carbocycles. The molecule has 3 nitrogen and oxygen atoms in total. The molecule has 0 N–H and O–H groups in total. The van der Waals surface area contributed by atoms with E-state index in [1.54, 1.807) is 19.2 Å². The first-order valence-corrected chi connectivity index (χ1v) is 4.24. The molecule has 0 aliphatic rings. The fourth-order valence-corrected chi connectivity index (χ4v) is 1.21. The minimum absolute atomic E-state index is 0.00545. The molecule has 0 spiro atoms. The summed E-state index contributed by atoms with van der Waals surface area (Å²) in [5, 5.41) is -0.513. The third kappa shape index (κ3) is 2.18. The predicted octanol–water partition coefficient (Wildman–Crippen LogP) is 1.00. The second kappa shape index (κ2) is 3.75. The van der Waals surface area contributed by atoms with Crippen LogP contribution >= 0.6 is 11.6 Å². The zero-order valence-electron chi connectivity index (χ0n) is 7.50. The van der Waals surface area contributed by atoms with E-state index in [0.29, 0.717) is 5.56 Å². The fourth-order valence-electron chi connectivity index (χ4n) is 1.06. The van der Waals surface area contributed by atoms with Crippen LogP contribution in [0.5, 0.6) is 0 Å². The molecule has 0 fully saturated rings. The van der Waals surface area contributed by atoms with Crippen molar-refractivity contribution in [3.8, 4) is 0 Å². The Morgan fingerprint density at radius 1 is 1.54 bits per heavy atom. The molecule has 0 bridgehead atoms. The first-order chi connectivity index (χ1) is 6.02. The Bertz CT molecular complexity index is 395. The van der Waals surface area contributed by atoms with Crippen molar-refractivity contribution >= 4 is 16.8 Å². The third-order valence-corrected chi connectivity index (χ3v) is 2.10. The lowest BCUT2D eigenvalue weighted by atomic mass is 10.2. The topological polar surface area (TPSA) is 39.1 Å². The van der Waals surface area contributed by atoms with Crippen LogP contribution in [0.2, 0.25) is 0 Å². The molecule has 0 saturated carbocycles. The van der Waals surface area contributed by atoms with Gasteiger partial charge in [-0.1, -0.05) is 6.07 Å². The molecule has 0 atom stereocenters. The number of rotatable bonds is 2. The van der Waals surface area contributed by atoms with Gasteiger partial charge in [0, 0.05) is 18.3 Å². The highest BCUT2D eigenvalue weighted by atomic mass is 35.5. The summed E-state index contributed by atoms with van der Waals surface area (Å²) in [7, 11) is 1.67. The van der Waals surface area contributed by atoms with E-state index in [2.05, 4.69) is 0 Å². The molecular formula is C9H10ClNO2. The Morgan fingerprint density at radius 2 is 2.15 bits per heavy atom. The molecule has 0 aliphatic heterocycles. The summed E-state index contributed by atoms with van der Waals surface area (Å²) < 4.78 is 1.50. The molecule has 13 heavy (non-hydrogen) atoms. The van der Waals surface area contributed by atoms with Crippen LogP contribution in [0.25, 0.3) is 0 Å². The summed E-state index contributed by atoms with van der Waals surface area (Å²) in [5.74, 6) is 0. The SMILES string of the molecule is Cc1ccc(CC(=O)Cl)c(=O)n1C. The van der Waals surface area contributed by atoms with E-state index in [1.807, 2.05) is 6.92 Å². The van der Waals surface area contributed by atoms with E-state index in [9.17, 15) is 9.59 Å². The largest absolute Gasteiger partial charge is 0.316 e. The van der Waals surface area contributed by atoms with Gasteiger partial charge < -0.3 is 4.57 Å². The van der Waals surface area contributed by atoms with Gasteiger partial charge in [-0.05, 0) is 24.6 Å². The van der Waals surface area contributed by atoms with E-state index in [-0.39, 0.29) is 12.0 Å². The van der Waals surface area contributed by atoms with E-state index in [1.165, 1.54) is 4.57 Å². The van der Waals surface area contributed by atoms with Crippen molar-refractivity contribution in [2.24, 2.45) is 7.05 Å². The summed E-state index contributed by atoms with van der Waals surface area (Å²) in [6, 6.07) is 3.43. The summed E-state index contributed by atoms with van der Waals surface area (Å²) in [4.78, 5) is 22.1. The maximum absolute atomic E-state index is 11.5. The van der Waals surface area contributed by atoms with Crippen molar-refractivity contribution in [2.45, 2.75) is 13.3 Å². The Hall–Kier alpha value is -1.09. The molecule has 1 heterocycles. The van der Waals surface area contributed by atoms with Crippen LogP contribution in [0.1, 0.15) is 11.3 Å². The number of aromatic nitrogens is 1. The van der Waals surface area contributed by atoms with Gasteiger partial charge in [-0.2, -0.15) is 0 Å². The van der Waals surface area contributed by atoms with Gasteiger partial charge in [0.1, 0.15) is 0 Å². The molecule has 1 aromatic rings. The Kier molecular flexibility index (Phi) is 2.88. The van der Waals surface area contributed by atoms with Crippen molar-refractivity contribution in [3.05, 3.63) is 33.7 Å². The first kappa shape index (κ1) is 9.99. The minimum atomic E-state index is -0.513. The number of halogens is 1. The lowest BCUT2D eigenvalue weighted by molar-refractivity contribution is -0.111. The lowest BCUT2D eigenvalue weighted by Gasteiger charge is -2.04. The van der Waals surface area contributed by atoms with E-state index < -0.39 is 5.24 Å². The van der Waals surface area contributed by atoms with Crippen molar-refractivity contribution < 1.29 is 4.79 Å². The van der Waals surface area contributed by atoms with Crippen LogP contribution in [-0.4, -0.2) is 9.81 Å². The zero-order valence-corrected chi connectivity index (χ0v) is 8.26. The van der Waals surface area contributed by atoms with Crippen LogP contribution in [0, 0.1) is 6.92 Å². The number of pyridine rings is 1. The van der Waals surface area contributed by atoms with Gasteiger partial charge in [-0.15, -0.1) is 0 Å². The summed E-state index contributed by atoms with van der Waals surface area (Å²) in [6.45, 7) is 1.83. The third-order valence-electron chi connectivity index (χ3n) is 1.96. The summed E-state index contributed by atoms with van der Waals surface area (Å²) >= 11 is 5.19. The summed E-state index contributed by atoms with van der Waals surface area (Å²) in [6.07, 6.45) is -0.00545. The maximum atomic E-state index is 11.5. The number of carbonyl (C=O) groups is 1. The number of aryl methyl sites for hydroxylation is 1. The van der Waals surface area contributed by atoms with E-state index in [0.717, 1.165) is 5.69 Å². The number of hydrogen-bond acceptors (Lipinski definition) is 2. The predicted molar refractivity (Wildman–Crippen MR) is 51.0 cm³/mol. The zero-order chi connectivity index (χ0) is 10.0. The van der Waals surface area contributed by atoms with Crippen LogP contribution in [0.15, 0.2) is 16.9 Å². The van der Waals surface area contributed by atoms with Crippen molar-refractivity contribution in [3.63, 3.8) is 0 Å². The number of nitrogens with zero attached hydrogens (tertiary/aromatic N) is 1. The fraction of sp³-hybridized carbons (Fsp3) is 0.333. The van der Waals surface area contributed by atoms with Crippen LogP contribution in [0.4, 0.5) is 0 Å². The summed E-state index contributed by atoms with van der Waals surface area (Å²) in [5.41, 5.74) is 1.14. The Morgan fingerprint density at radius 3 is 2.69 bits per heavy atom. The van der Waals surface area contributed by atoms with Crippen molar-refractivity contribution in [2.75, 3.05) is 0 Å². The second-order valence-corrected chi connectivity index (χ2v) is 3.32. The van der Waals surface area contributed by atoms with Crippen LogP contribution < -0.4 is 5.56 Å². The van der Waals surface area contributed by atoms with Crippen LogP contribution in [0.3, 0.4) is 0 Å². The molecule has 1 aromatic heterocycles. The van der Waals surface area contributed by atoms with E-state index in [4.69, 9.17) is 11.6 Å². The molecule has 0 aromatic carbocycles. The first-order valence-electron chi connectivity index (χ1n) is 3.86. The van der Waals surface area contributed by atoms with Gasteiger partial charge in [-0.25, -0.2) is 0 Å². The standard InChI is InChI=1S/C9H10ClNO2/c1-6-3-4-7(5-8(10)12)9(13)11(6)2/h3-4H,5H2,1-2H3. The Labute approximate surface area is 80.9 Å². The highest BCUT2D eigenvalue weighted by molar-refractivity contribution is 6.63. The van der Waals surface area contributed by atoms with Gasteiger partial charge >= 0.3 is 0 Å². The lowest BCUT2D eigenvalue weighted by Crippen LogP contribution is -2.23. The Balaban J connectivity index is 3.19. The molecule has 0 saturated heterocycles. The molecule has 1 rings (SSSR count).